The van der Waals surface area contributed by atoms with Gasteiger partial charge in [-0.2, -0.15) is 5.26 Å². The van der Waals surface area contributed by atoms with Gasteiger partial charge in [0.05, 0.1) is 11.6 Å². The van der Waals surface area contributed by atoms with Crippen LogP contribution in [-0.4, -0.2) is 16.8 Å². The Morgan fingerprint density at radius 2 is 2.24 bits per heavy atom. The molecule has 0 fully saturated rings. The molecule has 0 aliphatic rings. The van der Waals surface area contributed by atoms with Crippen LogP contribution in [0.1, 0.15) is 0 Å². The molecule has 0 bridgehead atoms. The van der Waals surface area contributed by atoms with Crippen LogP contribution in [0.2, 0.25) is 0 Å². The average molecular weight is 243 g/mol. The van der Waals surface area contributed by atoms with Gasteiger partial charge in [0.2, 0.25) is 0 Å². The summed E-state index contributed by atoms with van der Waals surface area (Å²) in [6.07, 6.45) is 1.69. The van der Waals surface area contributed by atoms with Crippen molar-refractivity contribution >= 4 is 27.9 Å². The normalized spacial score (nSPS) is 9.82. The first-order valence-electron chi connectivity index (χ1n) is 4.97. The lowest BCUT2D eigenvalue weighted by atomic mass is 10.2. The summed E-state index contributed by atoms with van der Waals surface area (Å²) < 4.78 is 0. The number of nitrogens with zero attached hydrogens (tertiary/aromatic N) is 2. The lowest BCUT2D eigenvalue weighted by Gasteiger charge is -2.04. The molecule has 1 heterocycles. The number of para-hydroxylation sites is 1. The summed E-state index contributed by atoms with van der Waals surface area (Å²) in [5.74, 6) is 0. The van der Waals surface area contributed by atoms with Gasteiger partial charge in [-0.3, -0.25) is 9.78 Å². The van der Waals surface area contributed by atoms with Crippen LogP contribution in [0.15, 0.2) is 41.4 Å². The molecule has 0 saturated heterocycles. The topological polar surface area (TPSA) is 65.8 Å². The maximum Gasteiger partial charge on any atom is 0.284 e. The molecule has 0 spiro atoms. The minimum atomic E-state index is -0.246. The molecule has 2 rings (SSSR count). The SMILES string of the molecule is N#CCNC(=O)Sc1cccc2cccnc12. The van der Waals surface area contributed by atoms with Crippen molar-refractivity contribution in [3.05, 3.63) is 36.5 Å². The fourth-order valence-corrected chi connectivity index (χ4v) is 2.16. The maximum absolute atomic E-state index is 11.5. The molecule has 1 aromatic carbocycles. The third-order valence-corrected chi connectivity index (χ3v) is 2.99. The number of carbonyl (C=O) groups is 1. The van der Waals surface area contributed by atoms with Crippen LogP contribution in [0, 0.1) is 11.3 Å². The van der Waals surface area contributed by atoms with Crippen molar-refractivity contribution in [3.8, 4) is 6.07 Å². The van der Waals surface area contributed by atoms with Crippen LogP contribution in [0.3, 0.4) is 0 Å². The molecule has 84 valence electrons. The van der Waals surface area contributed by atoms with Crippen LogP contribution in [0.25, 0.3) is 10.9 Å². The Balaban J connectivity index is 2.24. The van der Waals surface area contributed by atoms with Gasteiger partial charge in [-0.05, 0) is 23.9 Å². The highest BCUT2D eigenvalue weighted by Crippen LogP contribution is 2.26. The van der Waals surface area contributed by atoms with Gasteiger partial charge in [-0.15, -0.1) is 0 Å². The summed E-state index contributed by atoms with van der Waals surface area (Å²) >= 11 is 1.05. The van der Waals surface area contributed by atoms with E-state index >= 15 is 0 Å². The summed E-state index contributed by atoms with van der Waals surface area (Å²) in [6, 6.07) is 11.3. The highest BCUT2D eigenvalue weighted by Gasteiger charge is 2.07. The second kappa shape index (κ2) is 5.32. The molecule has 17 heavy (non-hydrogen) atoms. The summed E-state index contributed by atoms with van der Waals surface area (Å²) in [5.41, 5.74) is 0.798. The van der Waals surface area contributed by atoms with Crippen molar-refractivity contribution in [2.45, 2.75) is 4.90 Å². The summed E-state index contributed by atoms with van der Waals surface area (Å²) in [4.78, 5) is 16.5. The molecular weight excluding hydrogens is 234 g/mol. The molecule has 0 aliphatic heterocycles. The van der Waals surface area contributed by atoms with Gasteiger partial charge in [-0.1, -0.05) is 18.2 Å². The number of amides is 1. The molecule has 0 radical (unpaired) electrons. The minimum Gasteiger partial charge on any atom is -0.334 e. The van der Waals surface area contributed by atoms with Gasteiger partial charge in [0, 0.05) is 16.5 Å². The number of nitriles is 1. The lowest BCUT2D eigenvalue weighted by molar-refractivity contribution is 0.261. The third-order valence-electron chi connectivity index (χ3n) is 2.11. The van der Waals surface area contributed by atoms with E-state index in [4.69, 9.17) is 5.26 Å². The summed E-state index contributed by atoms with van der Waals surface area (Å²) in [5, 5.41) is 11.6. The zero-order valence-corrected chi connectivity index (χ0v) is 9.70. The zero-order chi connectivity index (χ0) is 12.1. The molecule has 0 saturated carbocycles. The Bertz CT molecular complexity index is 586. The van der Waals surface area contributed by atoms with Crippen LogP contribution in [0.4, 0.5) is 4.79 Å². The molecular formula is C12H9N3OS. The largest absolute Gasteiger partial charge is 0.334 e. The Labute approximate surface area is 103 Å². The third kappa shape index (κ3) is 2.74. The van der Waals surface area contributed by atoms with Gasteiger partial charge in [0.25, 0.3) is 5.24 Å². The second-order valence-corrected chi connectivity index (χ2v) is 4.25. The number of nitrogens with one attached hydrogen (secondary N) is 1. The first-order chi connectivity index (χ1) is 8.31. The van der Waals surface area contributed by atoms with Gasteiger partial charge in [0.15, 0.2) is 0 Å². The standard InChI is InChI=1S/C12H9N3OS/c13-6-8-15-12(16)17-10-5-1-3-9-4-2-7-14-11(9)10/h1-5,7H,8H2,(H,15,16). The Morgan fingerprint density at radius 3 is 3.06 bits per heavy atom. The maximum atomic E-state index is 11.5. The fraction of sp³-hybridized carbons (Fsp3) is 0.0833. The molecule has 0 aliphatic carbocycles. The Kier molecular flexibility index (Phi) is 3.58. The summed E-state index contributed by atoms with van der Waals surface area (Å²) in [7, 11) is 0. The first kappa shape index (κ1) is 11.4. The number of aromatic nitrogens is 1. The van der Waals surface area contributed by atoms with Crippen molar-refractivity contribution in [2.24, 2.45) is 0 Å². The number of hydrogen-bond acceptors (Lipinski definition) is 4. The van der Waals surface area contributed by atoms with Crippen LogP contribution in [0.5, 0.6) is 0 Å². The van der Waals surface area contributed by atoms with E-state index in [2.05, 4.69) is 10.3 Å². The van der Waals surface area contributed by atoms with Crippen LogP contribution >= 0.6 is 11.8 Å². The number of carbonyl (C=O) groups excluding carboxylic acids is 1. The number of fused-ring (bicyclic) bond motifs is 1. The van der Waals surface area contributed by atoms with E-state index in [1.165, 1.54) is 0 Å². The van der Waals surface area contributed by atoms with Gasteiger partial charge >= 0.3 is 0 Å². The predicted molar refractivity (Wildman–Crippen MR) is 66.6 cm³/mol. The van der Waals surface area contributed by atoms with E-state index in [-0.39, 0.29) is 11.8 Å². The molecule has 0 unspecified atom stereocenters. The van der Waals surface area contributed by atoms with Crippen LogP contribution < -0.4 is 5.32 Å². The second-order valence-electron chi connectivity index (χ2n) is 3.23. The smallest absolute Gasteiger partial charge is 0.284 e. The van der Waals surface area contributed by atoms with E-state index in [0.717, 1.165) is 27.6 Å². The van der Waals surface area contributed by atoms with Gasteiger partial charge in [-0.25, -0.2) is 0 Å². The van der Waals surface area contributed by atoms with Crippen molar-refractivity contribution < 1.29 is 4.79 Å². The van der Waals surface area contributed by atoms with Crippen molar-refractivity contribution in [1.82, 2.24) is 10.3 Å². The van der Waals surface area contributed by atoms with Gasteiger partial charge < -0.3 is 5.32 Å². The van der Waals surface area contributed by atoms with E-state index in [0.29, 0.717) is 0 Å². The van der Waals surface area contributed by atoms with Crippen molar-refractivity contribution in [1.29, 1.82) is 5.26 Å². The Hall–Kier alpha value is -2.06. The quantitative estimate of drug-likeness (QED) is 0.650. The predicted octanol–water partition coefficient (Wildman–Crippen LogP) is 2.56. The zero-order valence-electron chi connectivity index (χ0n) is 8.88. The molecule has 2 aromatic rings. The number of rotatable bonds is 2. The lowest BCUT2D eigenvalue weighted by Crippen LogP contribution is -2.18. The van der Waals surface area contributed by atoms with E-state index in [1.807, 2.05) is 36.4 Å². The Morgan fingerprint density at radius 1 is 1.41 bits per heavy atom. The van der Waals surface area contributed by atoms with Crippen molar-refractivity contribution in [3.63, 3.8) is 0 Å². The summed E-state index contributed by atoms with van der Waals surface area (Å²) in [6.45, 7) is 0.0179. The number of hydrogen-bond donors (Lipinski definition) is 1. The first-order valence-corrected chi connectivity index (χ1v) is 5.79. The number of pyridine rings is 1. The molecule has 1 N–H and O–H groups in total. The average Bonchev–Trinajstić information content (AvgIpc) is 2.37. The molecule has 4 nitrogen and oxygen atoms in total. The fourth-order valence-electron chi connectivity index (χ4n) is 1.41. The molecule has 0 atom stereocenters. The van der Waals surface area contributed by atoms with E-state index in [1.54, 1.807) is 6.20 Å². The number of benzene rings is 1. The molecule has 1 amide bonds. The van der Waals surface area contributed by atoms with Gasteiger partial charge in [0.1, 0.15) is 6.54 Å². The van der Waals surface area contributed by atoms with Crippen molar-refractivity contribution in [2.75, 3.05) is 6.54 Å². The highest BCUT2D eigenvalue weighted by molar-refractivity contribution is 8.13. The molecule has 5 heteroatoms. The monoisotopic (exact) mass is 243 g/mol. The van der Waals surface area contributed by atoms with E-state index < -0.39 is 0 Å². The highest BCUT2D eigenvalue weighted by atomic mass is 32.2. The molecule has 1 aromatic heterocycles. The minimum absolute atomic E-state index is 0.0179. The number of thioether (sulfide) groups is 1. The van der Waals surface area contributed by atoms with E-state index in [9.17, 15) is 4.79 Å². The van der Waals surface area contributed by atoms with Crippen LogP contribution in [-0.2, 0) is 0 Å².